The summed E-state index contributed by atoms with van der Waals surface area (Å²) in [7, 11) is 1.66. The molecule has 0 saturated carbocycles. The third-order valence-corrected chi connectivity index (χ3v) is 2.90. The van der Waals surface area contributed by atoms with Crippen LogP contribution in [0.4, 0.5) is 5.82 Å². The first-order chi connectivity index (χ1) is 8.54. The number of anilines is 1. The molecule has 1 aromatic carbocycles. The zero-order chi connectivity index (χ0) is 13.3. The number of hydrogen-bond donors (Lipinski definition) is 1. The highest BCUT2D eigenvalue weighted by molar-refractivity contribution is 5.47. The zero-order valence-corrected chi connectivity index (χ0v) is 11.1. The van der Waals surface area contributed by atoms with Crippen molar-refractivity contribution in [2.24, 2.45) is 0 Å². The molecule has 0 atom stereocenters. The van der Waals surface area contributed by atoms with Crippen LogP contribution in [0.3, 0.4) is 0 Å². The van der Waals surface area contributed by atoms with E-state index >= 15 is 0 Å². The summed E-state index contributed by atoms with van der Waals surface area (Å²) in [4.78, 5) is 0. The van der Waals surface area contributed by atoms with Crippen LogP contribution in [0, 0.1) is 6.92 Å². The summed E-state index contributed by atoms with van der Waals surface area (Å²) in [6.45, 7) is 6.14. The Morgan fingerprint density at radius 1 is 1.33 bits per heavy atom. The lowest BCUT2D eigenvalue weighted by Gasteiger charge is -2.11. The Balaban J connectivity index is 2.52. The normalized spacial score (nSPS) is 10.9. The van der Waals surface area contributed by atoms with Crippen molar-refractivity contribution >= 4 is 5.82 Å². The van der Waals surface area contributed by atoms with E-state index in [4.69, 9.17) is 10.5 Å². The van der Waals surface area contributed by atoms with Crippen LogP contribution in [0.15, 0.2) is 18.2 Å². The third-order valence-electron chi connectivity index (χ3n) is 2.90. The van der Waals surface area contributed by atoms with Gasteiger partial charge in [-0.25, -0.2) is 4.68 Å². The molecule has 0 saturated heterocycles. The molecule has 0 spiro atoms. The molecule has 0 unspecified atom stereocenters. The molecule has 5 nitrogen and oxygen atoms in total. The van der Waals surface area contributed by atoms with Gasteiger partial charge in [0.25, 0.3) is 0 Å². The molecular weight excluding hydrogens is 228 g/mol. The van der Waals surface area contributed by atoms with E-state index in [1.54, 1.807) is 11.8 Å². The highest BCUT2D eigenvalue weighted by Crippen LogP contribution is 2.25. The van der Waals surface area contributed by atoms with Crippen LogP contribution >= 0.6 is 0 Å². The van der Waals surface area contributed by atoms with Crippen LogP contribution in [-0.4, -0.2) is 22.1 Å². The second kappa shape index (κ2) is 4.68. The summed E-state index contributed by atoms with van der Waals surface area (Å²) in [6, 6.07) is 5.89. The molecule has 1 heterocycles. The van der Waals surface area contributed by atoms with E-state index < -0.39 is 0 Å². The second-order valence-corrected chi connectivity index (χ2v) is 4.58. The summed E-state index contributed by atoms with van der Waals surface area (Å²) in [5, 5.41) is 8.05. The number of nitrogens with two attached hydrogens (primary N) is 1. The zero-order valence-electron chi connectivity index (χ0n) is 11.1. The quantitative estimate of drug-likeness (QED) is 0.902. The van der Waals surface area contributed by atoms with Gasteiger partial charge in [0, 0.05) is 0 Å². The van der Waals surface area contributed by atoms with E-state index in [1.165, 1.54) is 0 Å². The van der Waals surface area contributed by atoms with Crippen molar-refractivity contribution in [1.82, 2.24) is 15.0 Å². The molecule has 18 heavy (non-hydrogen) atoms. The monoisotopic (exact) mass is 246 g/mol. The molecule has 2 aromatic rings. The molecular formula is C13H18N4O. The van der Waals surface area contributed by atoms with Crippen LogP contribution in [0.5, 0.6) is 5.75 Å². The summed E-state index contributed by atoms with van der Waals surface area (Å²) in [5.41, 5.74) is 8.78. The Morgan fingerprint density at radius 3 is 2.61 bits per heavy atom. The summed E-state index contributed by atoms with van der Waals surface area (Å²) >= 11 is 0. The first kappa shape index (κ1) is 12.4. The largest absolute Gasteiger partial charge is 0.496 e. The van der Waals surface area contributed by atoms with Crippen LogP contribution in [0.25, 0.3) is 5.69 Å². The SMILES string of the molecule is COc1ccc(-n2nnc(N)c2C(C)C)cc1C. The van der Waals surface area contributed by atoms with Crippen LogP contribution < -0.4 is 10.5 Å². The van der Waals surface area contributed by atoms with Crippen molar-refractivity contribution in [3.8, 4) is 11.4 Å². The number of hydrogen-bond acceptors (Lipinski definition) is 4. The van der Waals surface area contributed by atoms with Gasteiger partial charge in [-0.05, 0) is 36.6 Å². The predicted molar refractivity (Wildman–Crippen MR) is 71.1 cm³/mol. The number of aromatic nitrogens is 3. The van der Waals surface area contributed by atoms with Gasteiger partial charge in [0.2, 0.25) is 0 Å². The van der Waals surface area contributed by atoms with Crippen LogP contribution in [0.1, 0.15) is 31.0 Å². The molecule has 0 aliphatic carbocycles. The molecule has 0 amide bonds. The van der Waals surface area contributed by atoms with Gasteiger partial charge in [0.15, 0.2) is 5.82 Å². The first-order valence-electron chi connectivity index (χ1n) is 5.90. The molecule has 0 aliphatic rings. The maximum atomic E-state index is 5.85. The topological polar surface area (TPSA) is 66.0 Å². The van der Waals surface area contributed by atoms with E-state index in [0.29, 0.717) is 5.82 Å². The standard InChI is InChI=1S/C13H18N4O/c1-8(2)12-13(14)15-16-17(12)10-5-6-11(18-4)9(3)7-10/h5-8H,14H2,1-4H3. The van der Waals surface area contributed by atoms with E-state index in [9.17, 15) is 0 Å². The fourth-order valence-corrected chi connectivity index (χ4v) is 2.03. The first-order valence-corrected chi connectivity index (χ1v) is 5.90. The van der Waals surface area contributed by atoms with Gasteiger partial charge in [0.05, 0.1) is 18.5 Å². The minimum Gasteiger partial charge on any atom is -0.496 e. The third kappa shape index (κ3) is 2.03. The molecule has 0 aliphatic heterocycles. The van der Waals surface area contributed by atoms with Gasteiger partial charge >= 0.3 is 0 Å². The summed E-state index contributed by atoms with van der Waals surface area (Å²) < 4.78 is 7.03. The van der Waals surface area contributed by atoms with Crippen molar-refractivity contribution in [1.29, 1.82) is 0 Å². The maximum absolute atomic E-state index is 5.85. The van der Waals surface area contributed by atoms with Gasteiger partial charge < -0.3 is 10.5 Å². The van der Waals surface area contributed by atoms with Gasteiger partial charge in [-0.1, -0.05) is 19.1 Å². The van der Waals surface area contributed by atoms with Crippen LogP contribution in [-0.2, 0) is 0 Å². The van der Waals surface area contributed by atoms with Crippen molar-refractivity contribution in [2.45, 2.75) is 26.7 Å². The van der Waals surface area contributed by atoms with E-state index in [0.717, 1.165) is 22.7 Å². The van der Waals surface area contributed by atoms with Gasteiger partial charge in [-0.2, -0.15) is 0 Å². The molecule has 5 heteroatoms. The number of ether oxygens (including phenoxy) is 1. The predicted octanol–water partition coefficient (Wildman–Crippen LogP) is 2.29. The minimum absolute atomic E-state index is 0.266. The van der Waals surface area contributed by atoms with E-state index in [-0.39, 0.29) is 5.92 Å². The van der Waals surface area contributed by atoms with Crippen molar-refractivity contribution in [3.05, 3.63) is 29.5 Å². The van der Waals surface area contributed by atoms with Crippen molar-refractivity contribution < 1.29 is 4.74 Å². The van der Waals surface area contributed by atoms with Crippen molar-refractivity contribution in [2.75, 3.05) is 12.8 Å². The van der Waals surface area contributed by atoms with Gasteiger partial charge in [0.1, 0.15) is 5.75 Å². The van der Waals surface area contributed by atoms with Crippen LogP contribution in [0.2, 0.25) is 0 Å². The summed E-state index contributed by atoms with van der Waals surface area (Å²) in [6.07, 6.45) is 0. The number of methoxy groups -OCH3 is 1. The molecule has 2 rings (SSSR count). The second-order valence-electron chi connectivity index (χ2n) is 4.58. The number of aryl methyl sites for hydroxylation is 1. The lowest BCUT2D eigenvalue weighted by molar-refractivity contribution is 0.411. The van der Waals surface area contributed by atoms with Gasteiger partial charge in [-0.3, -0.25) is 0 Å². The van der Waals surface area contributed by atoms with E-state index in [1.807, 2.05) is 25.1 Å². The Labute approximate surface area is 107 Å². The molecule has 0 fully saturated rings. The van der Waals surface area contributed by atoms with Gasteiger partial charge in [-0.15, -0.1) is 5.10 Å². The number of benzene rings is 1. The highest BCUT2D eigenvalue weighted by Gasteiger charge is 2.15. The Morgan fingerprint density at radius 2 is 2.06 bits per heavy atom. The average Bonchev–Trinajstić information content (AvgIpc) is 2.71. The molecule has 2 N–H and O–H groups in total. The Kier molecular flexibility index (Phi) is 3.23. The fraction of sp³-hybridized carbons (Fsp3) is 0.385. The van der Waals surface area contributed by atoms with Crippen molar-refractivity contribution in [3.63, 3.8) is 0 Å². The number of nitrogen functional groups attached to an aromatic ring is 1. The average molecular weight is 246 g/mol. The smallest absolute Gasteiger partial charge is 0.169 e. The lowest BCUT2D eigenvalue weighted by Crippen LogP contribution is -2.06. The number of nitrogens with zero attached hydrogens (tertiary/aromatic N) is 3. The highest BCUT2D eigenvalue weighted by atomic mass is 16.5. The molecule has 0 bridgehead atoms. The van der Waals surface area contributed by atoms with E-state index in [2.05, 4.69) is 24.2 Å². The number of rotatable bonds is 3. The molecule has 0 radical (unpaired) electrons. The minimum atomic E-state index is 0.266. The Bertz CT molecular complexity index is 560. The molecule has 1 aromatic heterocycles. The maximum Gasteiger partial charge on any atom is 0.169 e. The summed E-state index contributed by atoms with van der Waals surface area (Å²) in [5.74, 6) is 1.61. The fourth-order valence-electron chi connectivity index (χ4n) is 2.03. The lowest BCUT2D eigenvalue weighted by atomic mass is 10.1. The molecule has 96 valence electrons. The Hall–Kier alpha value is -2.04.